The molecule has 1 amide bonds. The molecule has 39 heavy (non-hydrogen) atoms. The van der Waals surface area contributed by atoms with Crippen molar-refractivity contribution in [3.8, 4) is 5.75 Å². The van der Waals surface area contributed by atoms with Gasteiger partial charge in [0, 0.05) is 5.56 Å². The van der Waals surface area contributed by atoms with Crippen molar-refractivity contribution in [3.05, 3.63) is 94.8 Å². The molecule has 1 aliphatic heterocycles. The Hall–Kier alpha value is -4.04. The summed E-state index contributed by atoms with van der Waals surface area (Å²) in [5, 5.41) is 11.7. The maximum atomic E-state index is 13.9. The Labute approximate surface area is 230 Å². The summed E-state index contributed by atoms with van der Waals surface area (Å²) in [5.74, 6) is -1.46. The molecule has 5 rings (SSSR count). The Bertz CT molecular complexity index is 1580. The molecular formula is C31H29FN2O4S. The number of carbonyl (C=O) groups is 2. The van der Waals surface area contributed by atoms with Crippen LogP contribution in [0.4, 0.5) is 9.52 Å². The number of aliphatic hydroxyl groups is 1. The number of hydrogen-bond donors (Lipinski definition) is 1. The molecule has 1 N–H and O–H groups in total. The van der Waals surface area contributed by atoms with Crippen LogP contribution in [0, 0.1) is 5.82 Å². The summed E-state index contributed by atoms with van der Waals surface area (Å²) in [6.45, 7) is 6.76. The van der Waals surface area contributed by atoms with Crippen molar-refractivity contribution in [2.75, 3.05) is 11.5 Å². The summed E-state index contributed by atoms with van der Waals surface area (Å²) in [4.78, 5) is 32.9. The maximum Gasteiger partial charge on any atom is 0.301 e. The van der Waals surface area contributed by atoms with E-state index in [4.69, 9.17) is 4.74 Å². The van der Waals surface area contributed by atoms with E-state index in [-0.39, 0.29) is 16.5 Å². The fourth-order valence-corrected chi connectivity index (χ4v) is 5.64. The molecule has 0 aliphatic carbocycles. The monoisotopic (exact) mass is 544 g/mol. The summed E-state index contributed by atoms with van der Waals surface area (Å²) in [5.41, 5.74) is 2.61. The van der Waals surface area contributed by atoms with Crippen LogP contribution in [0.1, 0.15) is 62.3 Å². The van der Waals surface area contributed by atoms with Crippen molar-refractivity contribution in [2.24, 2.45) is 0 Å². The highest BCUT2D eigenvalue weighted by Gasteiger charge is 2.48. The molecule has 3 aromatic carbocycles. The third kappa shape index (κ3) is 5.16. The van der Waals surface area contributed by atoms with E-state index < -0.39 is 23.5 Å². The van der Waals surface area contributed by atoms with Crippen molar-refractivity contribution in [1.29, 1.82) is 0 Å². The van der Waals surface area contributed by atoms with Gasteiger partial charge in [-0.25, -0.2) is 9.37 Å². The molecule has 0 bridgehead atoms. The van der Waals surface area contributed by atoms with Crippen LogP contribution in [-0.2, 0) is 9.59 Å². The quantitative estimate of drug-likeness (QED) is 0.108. The van der Waals surface area contributed by atoms with Crippen LogP contribution in [0.15, 0.2) is 72.3 Å². The first-order valence-electron chi connectivity index (χ1n) is 13.0. The first kappa shape index (κ1) is 26.6. The zero-order valence-corrected chi connectivity index (χ0v) is 22.8. The predicted octanol–water partition coefficient (Wildman–Crippen LogP) is 7.36. The van der Waals surface area contributed by atoms with Crippen LogP contribution < -0.4 is 9.64 Å². The summed E-state index contributed by atoms with van der Waals surface area (Å²) in [7, 11) is 0. The number of ketones is 1. The second-order valence-corrected chi connectivity index (χ2v) is 10.8. The second-order valence-electron chi connectivity index (χ2n) is 9.83. The SMILES string of the molecule is CCCCOc1cccc(C(O)=C2C(=O)C(=O)N(c3nc4ccc(F)cc4s3)C2c2ccc(C(C)C)cc2)c1. The largest absolute Gasteiger partial charge is 0.507 e. The average Bonchev–Trinajstić information content (AvgIpc) is 3.46. The number of aliphatic hydroxyl groups excluding tert-OH is 1. The molecular weight excluding hydrogens is 515 g/mol. The highest BCUT2D eigenvalue weighted by Crippen LogP contribution is 2.44. The van der Waals surface area contributed by atoms with Gasteiger partial charge >= 0.3 is 5.91 Å². The molecule has 6 nitrogen and oxygen atoms in total. The van der Waals surface area contributed by atoms with Gasteiger partial charge in [-0.1, -0.05) is 74.9 Å². The topological polar surface area (TPSA) is 79.7 Å². The molecule has 1 saturated heterocycles. The molecule has 1 unspecified atom stereocenters. The van der Waals surface area contributed by atoms with E-state index in [1.165, 1.54) is 23.1 Å². The lowest BCUT2D eigenvalue weighted by Gasteiger charge is -2.23. The van der Waals surface area contributed by atoms with Crippen molar-refractivity contribution in [2.45, 2.75) is 45.6 Å². The molecule has 0 spiro atoms. The molecule has 1 fully saturated rings. The van der Waals surface area contributed by atoms with E-state index in [1.807, 2.05) is 24.3 Å². The Morgan fingerprint density at radius 2 is 1.87 bits per heavy atom. The van der Waals surface area contributed by atoms with Crippen molar-refractivity contribution >= 4 is 44.1 Å². The number of rotatable bonds is 8. The van der Waals surface area contributed by atoms with Gasteiger partial charge in [0.25, 0.3) is 5.78 Å². The Kier molecular flexibility index (Phi) is 7.48. The molecule has 8 heteroatoms. The average molecular weight is 545 g/mol. The number of ether oxygens (including phenoxy) is 1. The number of benzene rings is 3. The minimum atomic E-state index is -0.915. The van der Waals surface area contributed by atoms with Gasteiger partial charge in [0.2, 0.25) is 0 Å². The first-order chi connectivity index (χ1) is 18.8. The fraction of sp³-hybridized carbons (Fsp3) is 0.258. The van der Waals surface area contributed by atoms with Crippen LogP contribution in [0.5, 0.6) is 5.75 Å². The molecule has 1 aromatic heterocycles. The van der Waals surface area contributed by atoms with E-state index in [2.05, 4.69) is 25.8 Å². The van der Waals surface area contributed by atoms with Crippen LogP contribution >= 0.6 is 11.3 Å². The molecule has 0 radical (unpaired) electrons. The van der Waals surface area contributed by atoms with Gasteiger partial charge in [0.15, 0.2) is 5.13 Å². The fourth-order valence-electron chi connectivity index (χ4n) is 4.62. The number of hydrogen-bond acceptors (Lipinski definition) is 6. The number of carbonyl (C=O) groups excluding carboxylic acids is 2. The lowest BCUT2D eigenvalue weighted by Crippen LogP contribution is -2.29. The third-order valence-corrected chi connectivity index (χ3v) is 7.80. The molecule has 4 aromatic rings. The summed E-state index contributed by atoms with van der Waals surface area (Å²) < 4.78 is 20.2. The van der Waals surface area contributed by atoms with Gasteiger partial charge < -0.3 is 9.84 Å². The number of nitrogens with zero attached hydrogens (tertiary/aromatic N) is 2. The van der Waals surface area contributed by atoms with Gasteiger partial charge in [0.1, 0.15) is 17.3 Å². The van der Waals surface area contributed by atoms with E-state index in [9.17, 15) is 19.1 Å². The highest BCUT2D eigenvalue weighted by atomic mass is 32.1. The molecule has 2 heterocycles. The van der Waals surface area contributed by atoms with Crippen LogP contribution in [0.2, 0.25) is 0 Å². The van der Waals surface area contributed by atoms with E-state index >= 15 is 0 Å². The minimum Gasteiger partial charge on any atom is -0.507 e. The first-order valence-corrected chi connectivity index (χ1v) is 13.8. The minimum absolute atomic E-state index is 0.0339. The number of anilines is 1. The van der Waals surface area contributed by atoms with Gasteiger partial charge in [-0.05, 0) is 53.8 Å². The standard InChI is InChI=1S/C31H29FN2O4S/c1-4-5-15-38-23-8-6-7-21(16-23)28(35)26-27(20-11-9-19(10-12-20)18(2)3)34(30(37)29(26)36)31-33-24-14-13-22(32)17-25(24)39-31/h6-14,16-18,27,35H,4-5,15H2,1-3H3. The summed E-state index contributed by atoms with van der Waals surface area (Å²) in [6, 6.07) is 17.8. The van der Waals surface area contributed by atoms with E-state index in [0.717, 1.165) is 29.7 Å². The smallest absolute Gasteiger partial charge is 0.301 e. The van der Waals surface area contributed by atoms with Gasteiger partial charge in [-0.2, -0.15) is 0 Å². The molecule has 1 atom stereocenters. The molecule has 1 aliphatic rings. The normalized spacial score (nSPS) is 16.9. The summed E-state index contributed by atoms with van der Waals surface area (Å²) in [6.07, 6.45) is 1.87. The number of amides is 1. The number of thiazole rings is 1. The predicted molar refractivity (Wildman–Crippen MR) is 152 cm³/mol. The van der Waals surface area contributed by atoms with Crippen molar-refractivity contribution in [1.82, 2.24) is 4.98 Å². The van der Waals surface area contributed by atoms with Crippen LogP contribution in [-0.4, -0.2) is 28.4 Å². The Morgan fingerprint density at radius 1 is 1.10 bits per heavy atom. The number of fused-ring (bicyclic) bond motifs is 1. The number of halogens is 1. The number of aromatic nitrogens is 1. The summed E-state index contributed by atoms with van der Waals surface area (Å²) >= 11 is 1.12. The van der Waals surface area contributed by atoms with Crippen molar-refractivity contribution in [3.63, 3.8) is 0 Å². The van der Waals surface area contributed by atoms with Gasteiger partial charge in [-0.15, -0.1) is 0 Å². The lowest BCUT2D eigenvalue weighted by molar-refractivity contribution is -0.132. The van der Waals surface area contributed by atoms with E-state index in [0.29, 0.717) is 39.6 Å². The van der Waals surface area contributed by atoms with Crippen LogP contribution in [0.25, 0.3) is 16.0 Å². The molecule has 0 saturated carbocycles. The van der Waals surface area contributed by atoms with Crippen molar-refractivity contribution < 1.29 is 23.8 Å². The number of Topliss-reactive ketones (excluding diaryl/α,β-unsaturated/α-hetero) is 1. The maximum absolute atomic E-state index is 13.9. The number of unbranched alkanes of at least 4 members (excludes halogenated alkanes) is 1. The Balaban J connectivity index is 1.65. The lowest BCUT2D eigenvalue weighted by atomic mass is 9.93. The second kappa shape index (κ2) is 11.0. The third-order valence-electron chi connectivity index (χ3n) is 6.78. The van der Waals surface area contributed by atoms with Crippen LogP contribution in [0.3, 0.4) is 0 Å². The zero-order chi connectivity index (χ0) is 27.7. The molecule has 200 valence electrons. The van der Waals surface area contributed by atoms with E-state index in [1.54, 1.807) is 24.3 Å². The zero-order valence-electron chi connectivity index (χ0n) is 22.0. The van der Waals surface area contributed by atoms with Gasteiger partial charge in [0.05, 0.1) is 28.4 Å². The Morgan fingerprint density at radius 3 is 2.59 bits per heavy atom. The highest BCUT2D eigenvalue weighted by molar-refractivity contribution is 7.22. The van der Waals surface area contributed by atoms with Gasteiger partial charge in [-0.3, -0.25) is 14.5 Å².